The summed E-state index contributed by atoms with van der Waals surface area (Å²) < 4.78 is 10.3. The first-order chi connectivity index (χ1) is 14.5. The van der Waals surface area contributed by atoms with Crippen LogP contribution in [0.4, 0.5) is 10.6 Å². The van der Waals surface area contributed by atoms with Gasteiger partial charge >= 0.3 is 6.09 Å². The highest BCUT2D eigenvalue weighted by Crippen LogP contribution is 2.20. The van der Waals surface area contributed by atoms with Crippen molar-refractivity contribution in [3.63, 3.8) is 0 Å². The molecule has 0 bridgehead atoms. The van der Waals surface area contributed by atoms with Crippen molar-refractivity contribution in [3.8, 4) is 0 Å². The third kappa shape index (κ3) is 5.43. The van der Waals surface area contributed by atoms with Crippen LogP contribution >= 0.6 is 0 Å². The van der Waals surface area contributed by atoms with Crippen LogP contribution in [0.5, 0.6) is 0 Å². The highest BCUT2D eigenvalue weighted by molar-refractivity contribution is 5.86. The number of amides is 2. The average Bonchev–Trinajstić information content (AvgIpc) is 3.14. The quantitative estimate of drug-likeness (QED) is 0.597. The van der Waals surface area contributed by atoms with E-state index in [0.29, 0.717) is 11.4 Å². The van der Waals surface area contributed by atoms with Gasteiger partial charge in [0.15, 0.2) is 5.82 Å². The van der Waals surface area contributed by atoms with Gasteiger partial charge in [-0.25, -0.2) is 14.8 Å². The van der Waals surface area contributed by atoms with E-state index in [1.54, 1.807) is 0 Å². The van der Waals surface area contributed by atoms with Crippen molar-refractivity contribution in [2.75, 3.05) is 19.4 Å². The van der Waals surface area contributed by atoms with Crippen LogP contribution in [-0.2, 0) is 34.0 Å². The molecule has 0 saturated carbocycles. The van der Waals surface area contributed by atoms with Gasteiger partial charge in [-0.15, -0.1) is 0 Å². The summed E-state index contributed by atoms with van der Waals surface area (Å²) in [6.45, 7) is 0.444. The summed E-state index contributed by atoms with van der Waals surface area (Å²) in [7, 11) is 1.53. The number of aromatic nitrogens is 2. The van der Waals surface area contributed by atoms with Crippen LogP contribution in [0.15, 0.2) is 36.5 Å². The van der Waals surface area contributed by atoms with Crippen LogP contribution in [-0.4, -0.2) is 57.8 Å². The van der Waals surface area contributed by atoms with Crippen LogP contribution in [0.2, 0.25) is 0 Å². The molecule has 2 amide bonds. The van der Waals surface area contributed by atoms with Gasteiger partial charge < -0.3 is 25.6 Å². The lowest BCUT2D eigenvalue weighted by atomic mass is 10.2. The molecule has 4 N–H and O–H groups in total. The lowest BCUT2D eigenvalue weighted by Gasteiger charge is -2.23. The topological polar surface area (TPSA) is 140 Å². The number of benzene rings is 1. The number of hydrogen-bond acceptors (Lipinski definition) is 8. The first-order valence-electron chi connectivity index (χ1n) is 9.50. The maximum absolute atomic E-state index is 12.7. The molecule has 0 spiro atoms. The molecule has 1 aliphatic heterocycles. The Kier molecular flexibility index (Phi) is 7.15. The summed E-state index contributed by atoms with van der Waals surface area (Å²) in [5.74, 6) is 0.267. The van der Waals surface area contributed by atoms with Crippen LogP contribution in [0.25, 0.3) is 0 Å². The van der Waals surface area contributed by atoms with Crippen LogP contribution in [0.1, 0.15) is 23.4 Å². The van der Waals surface area contributed by atoms with Crippen molar-refractivity contribution < 1.29 is 24.2 Å². The summed E-state index contributed by atoms with van der Waals surface area (Å²) in [5.41, 5.74) is 7.28. The number of anilines is 1. The first kappa shape index (κ1) is 21.5. The Morgan fingerprint density at radius 2 is 2.07 bits per heavy atom. The second-order valence-electron chi connectivity index (χ2n) is 6.95. The number of ether oxygens (including phenoxy) is 2. The summed E-state index contributed by atoms with van der Waals surface area (Å²) in [6, 6.07) is 8.39. The fourth-order valence-electron chi connectivity index (χ4n) is 3.16. The zero-order chi connectivity index (χ0) is 21.5. The number of aliphatic hydroxyl groups excluding tert-OH is 1. The Labute approximate surface area is 174 Å². The van der Waals surface area contributed by atoms with E-state index in [4.69, 9.17) is 15.2 Å². The Hall–Kier alpha value is -3.24. The minimum absolute atomic E-state index is 0.0304. The molecule has 30 heavy (non-hydrogen) atoms. The van der Waals surface area contributed by atoms with Crippen molar-refractivity contribution in [3.05, 3.63) is 53.5 Å². The van der Waals surface area contributed by atoms with Gasteiger partial charge in [-0.1, -0.05) is 30.3 Å². The number of carbonyl (C=O) groups is 2. The van der Waals surface area contributed by atoms with Gasteiger partial charge in [0.05, 0.1) is 12.6 Å². The van der Waals surface area contributed by atoms with E-state index in [1.165, 1.54) is 18.2 Å². The third-order valence-corrected chi connectivity index (χ3v) is 4.70. The Morgan fingerprint density at radius 1 is 1.30 bits per heavy atom. The molecule has 0 unspecified atom stereocenters. The SMILES string of the molecule is COCc1ncc(CNC(=O)[C@@H]2C[C@@H](O)CN2C(=O)OCc2ccccc2)c(N)n1. The van der Waals surface area contributed by atoms with Crippen molar-refractivity contribution in [2.24, 2.45) is 0 Å². The highest BCUT2D eigenvalue weighted by Gasteiger charge is 2.39. The smallest absolute Gasteiger partial charge is 0.410 e. The molecular weight excluding hydrogens is 390 g/mol. The number of nitrogens with two attached hydrogens (primary N) is 1. The summed E-state index contributed by atoms with van der Waals surface area (Å²) in [5, 5.41) is 12.7. The summed E-state index contributed by atoms with van der Waals surface area (Å²) in [6.07, 6.45) is 0.200. The molecule has 1 fully saturated rings. The molecule has 1 aromatic carbocycles. The number of nitrogens with one attached hydrogen (secondary N) is 1. The minimum Gasteiger partial charge on any atom is -0.445 e. The van der Waals surface area contributed by atoms with Crippen molar-refractivity contribution >= 4 is 17.8 Å². The van der Waals surface area contributed by atoms with Crippen molar-refractivity contribution in [1.82, 2.24) is 20.2 Å². The zero-order valence-electron chi connectivity index (χ0n) is 16.7. The second kappa shape index (κ2) is 9.99. The van der Waals surface area contributed by atoms with Gasteiger partial charge in [0.2, 0.25) is 5.91 Å². The molecule has 3 rings (SSSR count). The van der Waals surface area contributed by atoms with E-state index in [0.717, 1.165) is 5.56 Å². The van der Waals surface area contributed by atoms with Gasteiger partial charge in [0.25, 0.3) is 0 Å². The average molecular weight is 415 g/mol. The van der Waals surface area contributed by atoms with Gasteiger partial charge in [-0.05, 0) is 5.56 Å². The third-order valence-electron chi connectivity index (χ3n) is 4.70. The van der Waals surface area contributed by atoms with Gasteiger partial charge in [0, 0.05) is 31.8 Å². The molecule has 0 radical (unpaired) electrons. The van der Waals surface area contributed by atoms with E-state index in [2.05, 4.69) is 15.3 Å². The van der Waals surface area contributed by atoms with E-state index >= 15 is 0 Å². The molecular formula is C20H25N5O5. The number of aliphatic hydroxyl groups is 1. The van der Waals surface area contributed by atoms with E-state index < -0.39 is 24.1 Å². The van der Waals surface area contributed by atoms with Gasteiger partial charge in [-0.3, -0.25) is 9.69 Å². The summed E-state index contributed by atoms with van der Waals surface area (Å²) >= 11 is 0. The molecule has 1 aliphatic rings. The lowest BCUT2D eigenvalue weighted by molar-refractivity contribution is -0.125. The normalized spacial score (nSPS) is 18.3. The standard InChI is InChI=1S/C20H25N5O5/c1-29-12-17-22-8-14(18(21)24-17)9-23-19(27)16-7-15(26)10-25(16)20(28)30-11-13-5-3-2-4-6-13/h2-6,8,15-16,26H,7,9-12H2,1H3,(H,23,27)(H2,21,22,24)/t15-,16+/m1/s1. The van der Waals surface area contributed by atoms with Gasteiger partial charge in [0.1, 0.15) is 25.1 Å². The van der Waals surface area contributed by atoms with E-state index in [-0.39, 0.29) is 38.5 Å². The molecule has 2 aromatic rings. The lowest BCUT2D eigenvalue weighted by Crippen LogP contribution is -2.46. The fraction of sp³-hybridized carbons (Fsp3) is 0.400. The number of nitrogens with zero attached hydrogens (tertiary/aromatic N) is 3. The number of nitrogen functional groups attached to an aromatic ring is 1. The molecule has 2 atom stereocenters. The van der Waals surface area contributed by atoms with Crippen molar-refractivity contribution in [1.29, 1.82) is 0 Å². The molecule has 160 valence electrons. The molecule has 0 aliphatic carbocycles. The zero-order valence-corrected chi connectivity index (χ0v) is 16.7. The molecule has 10 heteroatoms. The van der Waals surface area contributed by atoms with E-state index in [9.17, 15) is 14.7 Å². The number of carbonyl (C=O) groups excluding carboxylic acids is 2. The number of rotatable bonds is 7. The molecule has 1 aromatic heterocycles. The Balaban J connectivity index is 1.57. The largest absolute Gasteiger partial charge is 0.445 e. The molecule has 1 saturated heterocycles. The first-order valence-corrected chi connectivity index (χ1v) is 9.50. The number of β-amino-alcohol motifs (C(OH)–C–C–N with tert-alkyl or cyclic N) is 1. The summed E-state index contributed by atoms with van der Waals surface area (Å²) in [4.78, 5) is 34.6. The number of likely N-dealkylation sites (tertiary alicyclic amines) is 1. The van der Waals surface area contributed by atoms with Crippen molar-refractivity contribution in [2.45, 2.75) is 38.3 Å². The fourth-order valence-corrected chi connectivity index (χ4v) is 3.16. The maximum Gasteiger partial charge on any atom is 0.410 e. The number of hydrogen-bond donors (Lipinski definition) is 3. The minimum atomic E-state index is -0.835. The second-order valence-corrected chi connectivity index (χ2v) is 6.95. The van der Waals surface area contributed by atoms with Crippen LogP contribution < -0.4 is 11.1 Å². The van der Waals surface area contributed by atoms with Gasteiger partial charge in [-0.2, -0.15) is 0 Å². The predicted molar refractivity (Wildman–Crippen MR) is 107 cm³/mol. The van der Waals surface area contributed by atoms with Crippen LogP contribution in [0, 0.1) is 0 Å². The Morgan fingerprint density at radius 3 is 2.77 bits per heavy atom. The predicted octanol–water partition coefficient (Wildman–Crippen LogP) is 0.593. The maximum atomic E-state index is 12.7. The van der Waals surface area contributed by atoms with Crippen LogP contribution in [0.3, 0.4) is 0 Å². The molecule has 10 nitrogen and oxygen atoms in total. The van der Waals surface area contributed by atoms with E-state index in [1.807, 2.05) is 30.3 Å². The molecule has 2 heterocycles. The monoisotopic (exact) mass is 415 g/mol. The highest BCUT2D eigenvalue weighted by atomic mass is 16.6. The number of methoxy groups -OCH3 is 1. The Bertz CT molecular complexity index is 879.